The van der Waals surface area contributed by atoms with E-state index in [1.807, 2.05) is 20.8 Å². The van der Waals surface area contributed by atoms with Gasteiger partial charge in [0.05, 0.1) is 5.92 Å². The summed E-state index contributed by atoms with van der Waals surface area (Å²) >= 11 is 0. The maximum atomic E-state index is 12.6. The van der Waals surface area contributed by atoms with E-state index in [0.29, 0.717) is 6.42 Å². The standard InChI is InChI=1S/C22H44N2O4/c1-21(2,3)27-19(25)17(18(24)20(26)28-22(4,5)6)15-13-11-9-7-8-10-12-14-16-23/h17-18H,7-16,23-24H2,1-6H3. The lowest BCUT2D eigenvalue weighted by Gasteiger charge is -2.28. The number of ether oxygens (including phenoxy) is 2. The van der Waals surface area contributed by atoms with Gasteiger partial charge in [-0.25, -0.2) is 0 Å². The number of hydrogen-bond donors (Lipinski definition) is 2. The molecule has 0 saturated heterocycles. The molecule has 0 aliphatic heterocycles. The van der Waals surface area contributed by atoms with Crippen LogP contribution in [-0.2, 0) is 19.1 Å². The first-order valence-corrected chi connectivity index (χ1v) is 10.8. The summed E-state index contributed by atoms with van der Waals surface area (Å²) in [4.78, 5) is 25.0. The van der Waals surface area contributed by atoms with Crippen LogP contribution in [0.5, 0.6) is 0 Å². The molecule has 6 heteroatoms. The van der Waals surface area contributed by atoms with E-state index in [-0.39, 0.29) is 0 Å². The molecule has 6 nitrogen and oxygen atoms in total. The summed E-state index contributed by atoms with van der Waals surface area (Å²) in [6, 6.07) is -1.01. The first kappa shape index (κ1) is 26.9. The first-order valence-electron chi connectivity index (χ1n) is 10.8. The Morgan fingerprint density at radius 1 is 0.714 bits per heavy atom. The van der Waals surface area contributed by atoms with E-state index >= 15 is 0 Å². The van der Waals surface area contributed by atoms with E-state index in [0.717, 1.165) is 32.2 Å². The molecule has 2 unspecified atom stereocenters. The Kier molecular flexibility index (Phi) is 12.6. The first-order chi connectivity index (χ1) is 12.9. The number of hydrogen-bond acceptors (Lipinski definition) is 6. The Hall–Kier alpha value is -1.14. The molecule has 0 aliphatic carbocycles. The number of carbonyl (C=O) groups is 2. The van der Waals surface area contributed by atoms with Crippen LogP contribution in [0, 0.1) is 5.92 Å². The summed E-state index contributed by atoms with van der Waals surface area (Å²) in [6.07, 6.45) is 9.41. The summed E-state index contributed by atoms with van der Waals surface area (Å²) in [5.41, 5.74) is 10.3. The highest BCUT2D eigenvalue weighted by atomic mass is 16.6. The number of esters is 2. The molecular weight excluding hydrogens is 356 g/mol. The quantitative estimate of drug-likeness (QED) is 0.356. The number of unbranched alkanes of at least 4 members (excludes halogenated alkanes) is 7. The summed E-state index contributed by atoms with van der Waals surface area (Å²) in [5, 5.41) is 0. The van der Waals surface area contributed by atoms with E-state index in [1.54, 1.807) is 20.8 Å². The zero-order chi connectivity index (χ0) is 21.8. The third kappa shape index (κ3) is 13.9. The van der Waals surface area contributed by atoms with Crippen molar-refractivity contribution in [2.24, 2.45) is 17.4 Å². The van der Waals surface area contributed by atoms with Gasteiger partial charge in [0.2, 0.25) is 0 Å². The van der Waals surface area contributed by atoms with E-state index in [2.05, 4.69) is 0 Å². The molecule has 0 spiro atoms. The van der Waals surface area contributed by atoms with Crippen LogP contribution in [0.25, 0.3) is 0 Å². The van der Waals surface area contributed by atoms with Crippen LogP contribution in [0.15, 0.2) is 0 Å². The number of nitrogens with two attached hydrogens (primary N) is 2. The maximum absolute atomic E-state index is 12.6. The van der Waals surface area contributed by atoms with Gasteiger partial charge in [-0.1, -0.05) is 44.9 Å². The van der Waals surface area contributed by atoms with Crippen molar-refractivity contribution in [3.8, 4) is 0 Å². The molecule has 0 aliphatic rings. The van der Waals surface area contributed by atoms with Crippen LogP contribution in [-0.4, -0.2) is 35.7 Å². The van der Waals surface area contributed by atoms with E-state index in [4.69, 9.17) is 20.9 Å². The molecule has 0 radical (unpaired) electrons. The largest absolute Gasteiger partial charge is 0.460 e. The van der Waals surface area contributed by atoms with Gasteiger partial charge in [-0.15, -0.1) is 0 Å². The Bertz CT molecular complexity index is 452. The van der Waals surface area contributed by atoms with Gasteiger partial charge < -0.3 is 20.9 Å². The molecule has 166 valence electrons. The number of carbonyl (C=O) groups excluding carboxylic acids is 2. The minimum absolute atomic E-state index is 0.423. The molecule has 0 aromatic carbocycles. The van der Waals surface area contributed by atoms with E-state index in [1.165, 1.54) is 25.7 Å². The fourth-order valence-electron chi connectivity index (χ4n) is 2.92. The minimum Gasteiger partial charge on any atom is -0.460 e. The van der Waals surface area contributed by atoms with Gasteiger partial charge >= 0.3 is 11.9 Å². The molecule has 0 bridgehead atoms. The van der Waals surface area contributed by atoms with Crippen molar-refractivity contribution < 1.29 is 19.1 Å². The highest BCUT2D eigenvalue weighted by molar-refractivity contribution is 5.84. The lowest BCUT2D eigenvalue weighted by molar-refractivity contribution is -0.169. The highest BCUT2D eigenvalue weighted by Crippen LogP contribution is 2.22. The molecule has 2 atom stereocenters. The van der Waals surface area contributed by atoms with Crippen LogP contribution in [0.4, 0.5) is 0 Å². The third-order valence-corrected chi connectivity index (χ3v) is 4.29. The maximum Gasteiger partial charge on any atom is 0.324 e. The van der Waals surface area contributed by atoms with Crippen molar-refractivity contribution in [2.75, 3.05) is 6.54 Å². The summed E-state index contributed by atoms with van der Waals surface area (Å²) in [5.74, 6) is -1.66. The zero-order valence-corrected chi connectivity index (χ0v) is 19.0. The van der Waals surface area contributed by atoms with Crippen LogP contribution >= 0.6 is 0 Å². The van der Waals surface area contributed by atoms with Crippen molar-refractivity contribution in [1.29, 1.82) is 0 Å². The molecule has 0 amide bonds. The Morgan fingerprint density at radius 2 is 1.11 bits per heavy atom. The number of rotatable bonds is 13. The van der Waals surface area contributed by atoms with Crippen LogP contribution in [0.3, 0.4) is 0 Å². The summed E-state index contributed by atoms with van der Waals surface area (Å²) in [7, 11) is 0. The summed E-state index contributed by atoms with van der Waals surface area (Å²) in [6.45, 7) is 11.6. The Morgan fingerprint density at radius 3 is 1.54 bits per heavy atom. The van der Waals surface area contributed by atoms with Crippen molar-refractivity contribution in [1.82, 2.24) is 0 Å². The second-order valence-corrected chi connectivity index (χ2v) is 9.60. The smallest absolute Gasteiger partial charge is 0.324 e. The monoisotopic (exact) mass is 400 g/mol. The van der Waals surface area contributed by atoms with Crippen molar-refractivity contribution in [2.45, 2.75) is 117 Å². The summed E-state index contributed by atoms with van der Waals surface area (Å²) < 4.78 is 10.9. The van der Waals surface area contributed by atoms with Gasteiger partial charge in [0.25, 0.3) is 0 Å². The molecule has 4 N–H and O–H groups in total. The molecule has 0 saturated carbocycles. The zero-order valence-electron chi connectivity index (χ0n) is 19.0. The molecule has 0 rings (SSSR count). The van der Waals surface area contributed by atoms with Crippen LogP contribution < -0.4 is 11.5 Å². The normalized spacial score (nSPS) is 14.4. The molecule has 28 heavy (non-hydrogen) atoms. The molecule has 0 fully saturated rings. The molecule has 0 aromatic rings. The fraction of sp³-hybridized carbons (Fsp3) is 0.909. The Balaban J connectivity index is 4.58. The molecule has 0 heterocycles. The SMILES string of the molecule is CC(C)(C)OC(=O)C(N)C(CCCCCCCCCCN)C(=O)OC(C)(C)C. The van der Waals surface area contributed by atoms with Crippen LogP contribution in [0.1, 0.15) is 99.3 Å². The minimum atomic E-state index is -1.01. The van der Waals surface area contributed by atoms with Crippen molar-refractivity contribution in [3.05, 3.63) is 0 Å². The van der Waals surface area contributed by atoms with E-state index < -0.39 is 35.1 Å². The second-order valence-electron chi connectivity index (χ2n) is 9.60. The fourth-order valence-corrected chi connectivity index (χ4v) is 2.92. The van der Waals surface area contributed by atoms with Gasteiger partial charge in [-0.05, 0) is 60.9 Å². The average molecular weight is 401 g/mol. The Labute approximate surface area is 172 Å². The highest BCUT2D eigenvalue weighted by Gasteiger charge is 2.36. The van der Waals surface area contributed by atoms with Gasteiger partial charge in [0.15, 0.2) is 0 Å². The van der Waals surface area contributed by atoms with Crippen molar-refractivity contribution in [3.63, 3.8) is 0 Å². The van der Waals surface area contributed by atoms with Crippen molar-refractivity contribution >= 4 is 11.9 Å². The lowest BCUT2D eigenvalue weighted by atomic mass is 9.93. The predicted octanol–water partition coefficient (Wildman–Crippen LogP) is 4.08. The van der Waals surface area contributed by atoms with E-state index in [9.17, 15) is 9.59 Å². The van der Waals surface area contributed by atoms with Gasteiger partial charge in [0.1, 0.15) is 17.2 Å². The third-order valence-electron chi connectivity index (χ3n) is 4.29. The lowest BCUT2D eigenvalue weighted by Crippen LogP contribution is -2.47. The van der Waals surface area contributed by atoms with Gasteiger partial charge in [0, 0.05) is 0 Å². The van der Waals surface area contributed by atoms with Gasteiger partial charge in [-0.3, -0.25) is 9.59 Å². The molecule has 0 aromatic heterocycles. The van der Waals surface area contributed by atoms with Gasteiger partial charge in [-0.2, -0.15) is 0 Å². The second kappa shape index (κ2) is 13.2. The average Bonchev–Trinajstić information content (AvgIpc) is 2.52. The van der Waals surface area contributed by atoms with Crippen LogP contribution in [0.2, 0.25) is 0 Å². The topological polar surface area (TPSA) is 105 Å². The predicted molar refractivity (Wildman–Crippen MR) is 114 cm³/mol. The molecular formula is C22H44N2O4.